The molecule has 1 atom stereocenters. The monoisotopic (exact) mass is 400 g/mol. The van der Waals surface area contributed by atoms with Crippen LogP contribution < -0.4 is 11.1 Å². The largest absolute Gasteiger partial charge is 0.477 e. The van der Waals surface area contributed by atoms with Crippen molar-refractivity contribution in [3.05, 3.63) is 51.4 Å². The fraction of sp³-hybridized carbons (Fsp3) is 0.455. The van der Waals surface area contributed by atoms with Crippen LogP contribution in [0.3, 0.4) is 0 Å². The van der Waals surface area contributed by atoms with Gasteiger partial charge < -0.3 is 16.2 Å². The van der Waals surface area contributed by atoms with E-state index in [9.17, 15) is 9.59 Å². The molecule has 2 aromatic rings. The molecule has 0 saturated heterocycles. The lowest BCUT2D eigenvalue weighted by atomic mass is 9.61. The first-order chi connectivity index (χ1) is 12.9. The molecular formula is C22H28N2O3S. The molecule has 1 amide bonds. The summed E-state index contributed by atoms with van der Waals surface area (Å²) in [6, 6.07) is 6.34. The summed E-state index contributed by atoms with van der Waals surface area (Å²) in [6.45, 7) is 11.1. The van der Waals surface area contributed by atoms with E-state index in [0.717, 1.165) is 35.3 Å². The van der Waals surface area contributed by atoms with Crippen LogP contribution in [-0.2, 0) is 15.6 Å². The van der Waals surface area contributed by atoms with E-state index in [-0.39, 0.29) is 21.6 Å². The van der Waals surface area contributed by atoms with Gasteiger partial charge in [-0.2, -0.15) is 0 Å². The second-order valence-corrected chi connectivity index (χ2v) is 9.99. The molecule has 1 aliphatic carbocycles. The molecule has 28 heavy (non-hydrogen) atoms. The second kappa shape index (κ2) is 7.01. The molecule has 150 valence electrons. The van der Waals surface area contributed by atoms with E-state index < -0.39 is 12.0 Å². The van der Waals surface area contributed by atoms with Gasteiger partial charge in [-0.15, -0.1) is 11.3 Å². The Morgan fingerprint density at radius 1 is 1.11 bits per heavy atom. The van der Waals surface area contributed by atoms with Crippen LogP contribution in [0.5, 0.6) is 0 Å². The number of fused-ring (bicyclic) bond motifs is 1. The number of hydrogen-bond acceptors (Lipinski definition) is 4. The zero-order valence-corrected chi connectivity index (χ0v) is 17.9. The summed E-state index contributed by atoms with van der Waals surface area (Å²) >= 11 is 1.02. The fourth-order valence-electron chi connectivity index (χ4n) is 4.25. The Hall–Kier alpha value is -2.18. The Bertz CT molecular complexity index is 943. The Morgan fingerprint density at radius 3 is 2.36 bits per heavy atom. The number of thiophene rings is 1. The Kier molecular flexibility index (Phi) is 5.15. The number of carbonyl (C=O) groups is 2. The summed E-state index contributed by atoms with van der Waals surface area (Å²) in [5, 5.41) is 12.3. The molecule has 0 saturated carbocycles. The van der Waals surface area contributed by atoms with Crippen LogP contribution in [0.15, 0.2) is 24.3 Å². The maximum absolute atomic E-state index is 12.7. The second-order valence-electron chi connectivity index (χ2n) is 8.91. The van der Waals surface area contributed by atoms with Gasteiger partial charge in [0.25, 0.3) is 0 Å². The van der Waals surface area contributed by atoms with E-state index in [1.807, 2.05) is 6.07 Å². The Morgan fingerprint density at radius 2 is 1.75 bits per heavy atom. The summed E-state index contributed by atoms with van der Waals surface area (Å²) in [5.41, 5.74) is 11.0. The minimum Gasteiger partial charge on any atom is -0.477 e. The highest BCUT2D eigenvalue weighted by molar-refractivity contribution is 7.18. The topological polar surface area (TPSA) is 92.4 Å². The highest BCUT2D eigenvalue weighted by Crippen LogP contribution is 2.48. The predicted octanol–water partition coefficient (Wildman–Crippen LogP) is 4.74. The summed E-state index contributed by atoms with van der Waals surface area (Å²) < 4.78 is 0. The molecule has 0 bridgehead atoms. The molecule has 1 unspecified atom stereocenters. The van der Waals surface area contributed by atoms with Gasteiger partial charge in [-0.3, -0.25) is 4.79 Å². The summed E-state index contributed by atoms with van der Waals surface area (Å²) in [4.78, 5) is 23.9. The van der Waals surface area contributed by atoms with E-state index in [4.69, 9.17) is 10.8 Å². The predicted molar refractivity (Wildman–Crippen MR) is 113 cm³/mol. The van der Waals surface area contributed by atoms with Crippen molar-refractivity contribution in [3.8, 4) is 0 Å². The molecule has 0 radical (unpaired) electrons. The number of carboxylic acids is 1. The van der Waals surface area contributed by atoms with E-state index in [1.54, 1.807) is 6.07 Å². The smallest absolute Gasteiger partial charge is 0.345 e. The Balaban J connectivity index is 1.93. The van der Waals surface area contributed by atoms with Gasteiger partial charge in [0.2, 0.25) is 5.91 Å². The maximum atomic E-state index is 12.7. The molecule has 3 rings (SSSR count). The molecular weight excluding hydrogens is 372 g/mol. The van der Waals surface area contributed by atoms with Crippen LogP contribution >= 0.6 is 11.3 Å². The number of nitrogens with two attached hydrogens (primary N) is 1. The van der Waals surface area contributed by atoms with Crippen LogP contribution in [0.2, 0.25) is 0 Å². The molecule has 5 nitrogen and oxygen atoms in total. The van der Waals surface area contributed by atoms with Crippen molar-refractivity contribution in [3.63, 3.8) is 0 Å². The van der Waals surface area contributed by atoms with Crippen molar-refractivity contribution in [2.75, 3.05) is 5.32 Å². The van der Waals surface area contributed by atoms with E-state index in [1.165, 1.54) is 17.2 Å². The molecule has 0 aliphatic heterocycles. The Labute approximate surface area is 170 Å². The number of hydrogen-bond donors (Lipinski definition) is 3. The number of amides is 1. The number of benzene rings is 1. The standard InChI is InChI=1S/C22H28N2O3S/c1-12-13(6-7-14-17(12)22(4,5)11-10-21(14,2)3)18(23)19(25)24-16-9-8-15(28-16)20(26)27/h6-9,18H,10-11,23H2,1-5H3,(H,24,25)(H,26,27). The number of nitrogens with one attached hydrogen (secondary N) is 1. The number of carbonyl (C=O) groups excluding carboxylic acids is 1. The molecule has 6 heteroatoms. The lowest BCUT2D eigenvalue weighted by Crippen LogP contribution is -2.36. The van der Waals surface area contributed by atoms with E-state index in [2.05, 4.69) is 46.0 Å². The third-order valence-electron chi connectivity index (χ3n) is 5.97. The zero-order chi connectivity index (χ0) is 20.9. The molecule has 1 aliphatic rings. The van der Waals surface area contributed by atoms with Crippen LogP contribution in [0.25, 0.3) is 0 Å². The number of carboxylic acid groups (broad SMARTS) is 1. The van der Waals surface area contributed by atoms with E-state index in [0.29, 0.717) is 5.00 Å². The van der Waals surface area contributed by atoms with Gasteiger partial charge >= 0.3 is 5.97 Å². The normalized spacial score (nSPS) is 18.2. The van der Waals surface area contributed by atoms with Crippen molar-refractivity contribution in [2.45, 2.75) is 64.3 Å². The zero-order valence-electron chi connectivity index (χ0n) is 17.1. The number of rotatable bonds is 4. The fourth-order valence-corrected chi connectivity index (χ4v) is 4.99. The highest BCUT2D eigenvalue weighted by Gasteiger charge is 2.39. The average Bonchev–Trinajstić information content (AvgIpc) is 3.07. The van der Waals surface area contributed by atoms with E-state index >= 15 is 0 Å². The van der Waals surface area contributed by atoms with Crippen molar-refractivity contribution >= 4 is 28.2 Å². The molecule has 0 spiro atoms. The molecule has 1 heterocycles. The van der Waals surface area contributed by atoms with Crippen LogP contribution in [-0.4, -0.2) is 17.0 Å². The van der Waals surface area contributed by atoms with Gasteiger partial charge in [0.1, 0.15) is 10.9 Å². The number of aromatic carboxylic acids is 1. The summed E-state index contributed by atoms with van der Waals surface area (Å²) in [6.07, 6.45) is 2.22. The highest BCUT2D eigenvalue weighted by atomic mass is 32.1. The first kappa shape index (κ1) is 20.6. The molecule has 1 aromatic heterocycles. The van der Waals surface area contributed by atoms with Gasteiger partial charge in [-0.25, -0.2) is 4.79 Å². The van der Waals surface area contributed by atoms with Crippen LogP contribution in [0.1, 0.15) is 78.5 Å². The van der Waals surface area contributed by atoms with Crippen molar-refractivity contribution in [1.82, 2.24) is 0 Å². The summed E-state index contributed by atoms with van der Waals surface area (Å²) in [7, 11) is 0. The molecule has 1 aromatic carbocycles. The molecule has 0 fully saturated rings. The van der Waals surface area contributed by atoms with Gasteiger partial charge in [0, 0.05) is 0 Å². The van der Waals surface area contributed by atoms with Crippen LogP contribution in [0, 0.1) is 6.92 Å². The SMILES string of the molecule is Cc1c(C(N)C(=O)Nc2ccc(C(=O)O)s2)ccc2c1C(C)(C)CCC2(C)C. The minimum atomic E-state index is -1.01. The summed E-state index contributed by atoms with van der Waals surface area (Å²) in [5.74, 6) is -1.35. The third kappa shape index (κ3) is 3.59. The first-order valence-corrected chi connectivity index (χ1v) is 10.3. The van der Waals surface area contributed by atoms with Gasteiger partial charge in [0.15, 0.2) is 0 Å². The van der Waals surface area contributed by atoms with Crippen LogP contribution in [0.4, 0.5) is 5.00 Å². The van der Waals surface area contributed by atoms with Crippen molar-refractivity contribution < 1.29 is 14.7 Å². The van der Waals surface area contributed by atoms with Crippen molar-refractivity contribution in [1.29, 1.82) is 0 Å². The maximum Gasteiger partial charge on any atom is 0.345 e. The van der Waals surface area contributed by atoms with Gasteiger partial charge in [-0.1, -0.05) is 39.8 Å². The minimum absolute atomic E-state index is 0.0330. The first-order valence-electron chi connectivity index (χ1n) is 9.48. The average molecular weight is 401 g/mol. The van der Waals surface area contributed by atoms with Crippen molar-refractivity contribution in [2.24, 2.45) is 5.73 Å². The lowest BCUT2D eigenvalue weighted by Gasteiger charge is -2.43. The molecule has 4 N–H and O–H groups in total. The third-order valence-corrected chi connectivity index (χ3v) is 6.96. The quantitative estimate of drug-likeness (QED) is 0.691. The number of anilines is 1. The van der Waals surface area contributed by atoms with Gasteiger partial charge in [-0.05, 0) is 65.0 Å². The lowest BCUT2D eigenvalue weighted by molar-refractivity contribution is -0.117. The van der Waals surface area contributed by atoms with Gasteiger partial charge in [0.05, 0.1) is 5.00 Å².